The van der Waals surface area contributed by atoms with E-state index >= 15 is 0 Å². The summed E-state index contributed by atoms with van der Waals surface area (Å²) in [5, 5.41) is 13.7. The van der Waals surface area contributed by atoms with Crippen LogP contribution in [0.15, 0.2) is 48.5 Å². The second kappa shape index (κ2) is 5.48. The average Bonchev–Trinajstić information content (AvgIpc) is 2.39. The molecule has 19 heavy (non-hydrogen) atoms. The van der Waals surface area contributed by atoms with Gasteiger partial charge in [0.2, 0.25) is 0 Å². The lowest BCUT2D eigenvalue weighted by Crippen LogP contribution is -2.07. The molecule has 0 amide bonds. The van der Waals surface area contributed by atoms with Crippen LogP contribution in [0.2, 0.25) is 0 Å². The summed E-state index contributed by atoms with van der Waals surface area (Å²) in [7, 11) is 0. The molecule has 0 bridgehead atoms. The molecule has 2 aromatic rings. The highest BCUT2D eigenvalue weighted by molar-refractivity contribution is 5.52. The lowest BCUT2D eigenvalue weighted by molar-refractivity contribution is -0.385. The Balaban J connectivity index is 2.21. The zero-order valence-corrected chi connectivity index (χ0v) is 10.3. The molecule has 0 aliphatic heterocycles. The third kappa shape index (κ3) is 3.28. The minimum Gasteiger partial charge on any atom is -0.378 e. The van der Waals surface area contributed by atoms with Crippen LogP contribution in [-0.2, 0) is 0 Å². The molecule has 4 nitrogen and oxygen atoms in total. The molecule has 2 aromatic carbocycles. The van der Waals surface area contributed by atoms with E-state index in [0.717, 1.165) is 11.6 Å². The zero-order valence-electron chi connectivity index (χ0n) is 10.3. The first-order chi connectivity index (χ1) is 9.06. The lowest BCUT2D eigenvalue weighted by Gasteiger charge is -2.15. The number of nitro benzene ring substituents is 1. The van der Waals surface area contributed by atoms with Crippen molar-refractivity contribution in [2.45, 2.75) is 13.0 Å². The number of benzene rings is 2. The maximum atomic E-state index is 13.3. The quantitative estimate of drug-likeness (QED) is 0.669. The van der Waals surface area contributed by atoms with Crippen LogP contribution in [-0.4, -0.2) is 4.92 Å². The molecule has 0 fully saturated rings. The summed E-state index contributed by atoms with van der Waals surface area (Å²) in [4.78, 5) is 10.1. The Morgan fingerprint density at radius 3 is 2.53 bits per heavy atom. The molecule has 98 valence electrons. The molecule has 0 aromatic heterocycles. The van der Waals surface area contributed by atoms with Crippen molar-refractivity contribution in [1.29, 1.82) is 0 Å². The van der Waals surface area contributed by atoms with E-state index in [1.54, 1.807) is 0 Å². The maximum absolute atomic E-state index is 13.3. The second-order valence-electron chi connectivity index (χ2n) is 4.23. The number of anilines is 1. The van der Waals surface area contributed by atoms with Crippen LogP contribution in [0.3, 0.4) is 0 Å². The number of nitro groups is 1. The van der Waals surface area contributed by atoms with Crippen molar-refractivity contribution in [3.8, 4) is 0 Å². The summed E-state index contributed by atoms with van der Waals surface area (Å²) in [6.45, 7) is 1.91. The van der Waals surface area contributed by atoms with Gasteiger partial charge >= 0.3 is 0 Å². The van der Waals surface area contributed by atoms with Crippen molar-refractivity contribution in [2.24, 2.45) is 0 Å². The first-order valence-corrected chi connectivity index (χ1v) is 5.83. The van der Waals surface area contributed by atoms with Gasteiger partial charge in [0, 0.05) is 17.8 Å². The third-order valence-corrected chi connectivity index (χ3v) is 2.78. The van der Waals surface area contributed by atoms with Gasteiger partial charge in [0.15, 0.2) is 0 Å². The number of halogens is 1. The molecule has 0 aliphatic rings. The summed E-state index contributed by atoms with van der Waals surface area (Å²) in [6, 6.07) is 13.0. The SMILES string of the molecule is CC(Nc1cc(F)cc([N+](=O)[O-])c1)c1ccccc1. The Labute approximate surface area is 110 Å². The molecule has 1 atom stereocenters. The molecule has 0 heterocycles. The minimum absolute atomic E-state index is 0.0670. The Kier molecular flexibility index (Phi) is 3.75. The van der Waals surface area contributed by atoms with Crippen LogP contribution in [0.4, 0.5) is 15.8 Å². The van der Waals surface area contributed by atoms with E-state index in [4.69, 9.17) is 0 Å². The van der Waals surface area contributed by atoms with Crippen molar-refractivity contribution in [3.05, 3.63) is 70.0 Å². The highest BCUT2D eigenvalue weighted by Gasteiger charge is 2.11. The first kappa shape index (κ1) is 13.0. The molecular weight excluding hydrogens is 247 g/mol. The van der Waals surface area contributed by atoms with E-state index in [1.807, 2.05) is 37.3 Å². The predicted molar refractivity (Wildman–Crippen MR) is 71.5 cm³/mol. The summed E-state index contributed by atoms with van der Waals surface area (Å²) in [5.41, 5.74) is 1.15. The fourth-order valence-corrected chi connectivity index (χ4v) is 1.84. The van der Waals surface area contributed by atoms with Crippen molar-refractivity contribution < 1.29 is 9.31 Å². The molecule has 0 aliphatic carbocycles. The van der Waals surface area contributed by atoms with E-state index in [9.17, 15) is 14.5 Å². The van der Waals surface area contributed by atoms with Gasteiger partial charge in [-0.05, 0) is 18.6 Å². The van der Waals surface area contributed by atoms with Gasteiger partial charge in [-0.1, -0.05) is 30.3 Å². The number of non-ortho nitro benzene ring substituents is 1. The maximum Gasteiger partial charge on any atom is 0.274 e. The predicted octanol–water partition coefficient (Wildman–Crippen LogP) is 3.91. The largest absolute Gasteiger partial charge is 0.378 e. The zero-order chi connectivity index (χ0) is 13.8. The topological polar surface area (TPSA) is 55.2 Å². The second-order valence-corrected chi connectivity index (χ2v) is 4.23. The van der Waals surface area contributed by atoms with Gasteiger partial charge in [-0.2, -0.15) is 0 Å². The van der Waals surface area contributed by atoms with E-state index in [0.29, 0.717) is 5.69 Å². The van der Waals surface area contributed by atoms with Gasteiger partial charge in [0.25, 0.3) is 5.69 Å². The number of nitrogens with one attached hydrogen (secondary N) is 1. The summed E-state index contributed by atoms with van der Waals surface area (Å²) in [6.07, 6.45) is 0. The van der Waals surface area contributed by atoms with Crippen LogP contribution in [0.5, 0.6) is 0 Å². The Morgan fingerprint density at radius 1 is 1.21 bits per heavy atom. The number of nitrogens with zero attached hydrogens (tertiary/aromatic N) is 1. The minimum atomic E-state index is -0.628. The number of hydrogen-bond acceptors (Lipinski definition) is 3. The average molecular weight is 260 g/mol. The first-order valence-electron chi connectivity index (χ1n) is 5.83. The smallest absolute Gasteiger partial charge is 0.274 e. The standard InChI is InChI=1S/C14H13FN2O2/c1-10(11-5-3-2-4-6-11)16-13-7-12(15)8-14(9-13)17(18)19/h2-10,16H,1H3. The van der Waals surface area contributed by atoms with E-state index < -0.39 is 10.7 Å². The molecule has 0 saturated heterocycles. The van der Waals surface area contributed by atoms with Crippen LogP contribution in [0.1, 0.15) is 18.5 Å². The van der Waals surface area contributed by atoms with Gasteiger partial charge in [0.1, 0.15) is 5.82 Å². The Bertz CT molecular complexity index is 587. The van der Waals surface area contributed by atoms with Gasteiger partial charge in [-0.15, -0.1) is 0 Å². The van der Waals surface area contributed by atoms with Crippen molar-refractivity contribution >= 4 is 11.4 Å². The molecule has 0 spiro atoms. The molecule has 0 saturated carbocycles. The van der Waals surface area contributed by atoms with E-state index in [2.05, 4.69) is 5.32 Å². The highest BCUT2D eigenvalue weighted by atomic mass is 19.1. The molecule has 2 rings (SSSR count). The van der Waals surface area contributed by atoms with Crippen LogP contribution in [0, 0.1) is 15.9 Å². The molecule has 0 radical (unpaired) electrons. The third-order valence-electron chi connectivity index (χ3n) is 2.78. The Hall–Kier alpha value is -2.43. The summed E-state index contributed by atoms with van der Waals surface area (Å²) in [5.74, 6) is -0.628. The highest BCUT2D eigenvalue weighted by Crippen LogP contribution is 2.24. The summed E-state index contributed by atoms with van der Waals surface area (Å²) >= 11 is 0. The van der Waals surface area contributed by atoms with Crippen LogP contribution in [0.25, 0.3) is 0 Å². The monoisotopic (exact) mass is 260 g/mol. The molecule has 5 heteroatoms. The van der Waals surface area contributed by atoms with Crippen molar-refractivity contribution in [2.75, 3.05) is 5.32 Å². The van der Waals surface area contributed by atoms with Crippen LogP contribution < -0.4 is 5.32 Å². The molecule has 1 N–H and O–H groups in total. The van der Waals surface area contributed by atoms with Crippen molar-refractivity contribution in [3.63, 3.8) is 0 Å². The number of hydrogen-bond donors (Lipinski definition) is 1. The fraction of sp³-hybridized carbons (Fsp3) is 0.143. The van der Waals surface area contributed by atoms with E-state index in [1.165, 1.54) is 12.1 Å². The summed E-state index contributed by atoms with van der Waals surface area (Å²) < 4.78 is 13.3. The van der Waals surface area contributed by atoms with E-state index in [-0.39, 0.29) is 11.7 Å². The fourth-order valence-electron chi connectivity index (χ4n) is 1.84. The normalized spacial score (nSPS) is 11.9. The molecular formula is C14H13FN2O2. The van der Waals surface area contributed by atoms with Gasteiger partial charge in [0.05, 0.1) is 11.0 Å². The number of rotatable bonds is 4. The molecule has 1 unspecified atom stereocenters. The van der Waals surface area contributed by atoms with Gasteiger partial charge < -0.3 is 5.32 Å². The Morgan fingerprint density at radius 2 is 1.89 bits per heavy atom. The van der Waals surface area contributed by atoms with Crippen LogP contribution >= 0.6 is 0 Å². The van der Waals surface area contributed by atoms with Crippen molar-refractivity contribution in [1.82, 2.24) is 0 Å². The lowest BCUT2D eigenvalue weighted by atomic mass is 10.1. The van der Waals surface area contributed by atoms with Gasteiger partial charge in [-0.25, -0.2) is 4.39 Å². The van der Waals surface area contributed by atoms with Gasteiger partial charge in [-0.3, -0.25) is 10.1 Å².